The van der Waals surface area contributed by atoms with Gasteiger partial charge in [-0.3, -0.25) is 10.1 Å². The van der Waals surface area contributed by atoms with Crippen LogP contribution in [0, 0.1) is 16.0 Å². The minimum Gasteiger partial charge on any atom is -0.444 e. The summed E-state index contributed by atoms with van der Waals surface area (Å²) in [6.07, 6.45) is 2.17. The van der Waals surface area contributed by atoms with Crippen LogP contribution in [0.5, 0.6) is 0 Å². The quantitative estimate of drug-likeness (QED) is 0.629. The van der Waals surface area contributed by atoms with Crippen molar-refractivity contribution in [3.63, 3.8) is 0 Å². The van der Waals surface area contributed by atoms with E-state index in [1.807, 2.05) is 37.8 Å². The van der Waals surface area contributed by atoms with Gasteiger partial charge >= 0.3 is 6.09 Å². The zero-order chi connectivity index (χ0) is 19.8. The molecular weight excluding hydrogens is 346 g/mol. The van der Waals surface area contributed by atoms with E-state index in [-0.39, 0.29) is 16.7 Å². The molecule has 0 bridgehead atoms. The third-order valence-corrected chi connectivity index (χ3v) is 5.29. The van der Waals surface area contributed by atoms with E-state index in [9.17, 15) is 14.9 Å². The third kappa shape index (κ3) is 4.90. The molecule has 2 fully saturated rings. The van der Waals surface area contributed by atoms with Crippen LogP contribution in [0.1, 0.15) is 58.4 Å². The Bertz CT molecular complexity index is 720. The first kappa shape index (κ1) is 19.5. The lowest BCUT2D eigenvalue weighted by Gasteiger charge is -2.34. The SMILES string of the molecule is CC1C[C@H]1c1ccc(N2CCC(NC(=O)OC(C)(C)C)CC2)c([N+](=O)[O-])c1. The summed E-state index contributed by atoms with van der Waals surface area (Å²) in [5, 5.41) is 14.5. The van der Waals surface area contributed by atoms with E-state index in [1.54, 1.807) is 6.07 Å². The molecule has 1 aliphatic carbocycles. The predicted octanol–water partition coefficient (Wildman–Crippen LogP) is 4.21. The number of nitrogens with one attached hydrogen (secondary N) is 1. The van der Waals surface area contributed by atoms with Crippen LogP contribution in [-0.2, 0) is 4.74 Å². The summed E-state index contributed by atoms with van der Waals surface area (Å²) in [4.78, 5) is 25.3. The van der Waals surface area contributed by atoms with E-state index in [0.717, 1.165) is 24.8 Å². The van der Waals surface area contributed by atoms with Gasteiger partial charge in [0.15, 0.2) is 0 Å². The molecule has 0 aromatic heterocycles. The number of amides is 1. The van der Waals surface area contributed by atoms with E-state index >= 15 is 0 Å². The number of piperidine rings is 1. The minimum atomic E-state index is -0.522. The van der Waals surface area contributed by atoms with E-state index in [2.05, 4.69) is 12.2 Å². The number of ether oxygens (including phenoxy) is 1. The molecule has 2 atom stereocenters. The van der Waals surface area contributed by atoms with Crippen molar-refractivity contribution < 1.29 is 14.5 Å². The van der Waals surface area contributed by atoms with Gasteiger partial charge in [-0.15, -0.1) is 0 Å². The van der Waals surface area contributed by atoms with Crippen LogP contribution in [0.15, 0.2) is 18.2 Å². The fraction of sp³-hybridized carbons (Fsp3) is 0.650. The van der Waals surface area contributed by atoms with Crippen LogP contribution in [-0.4, -0.2) is 35.7 Å². The number of hydrogen-bond acceptors (Lipinski definition) is 5. The van der Waals surface area contributed by atoms with Crippen molar-refractivity contribution >= 4 is 17.5 Å². The first-order chi connectivity index (χ1) is 12.6. The molecule has 7 heteroatoms. The molecule has 1 saturated carbocycles. The first-order valence-corrected chi connectivity index (χ1v) is 9.67. The molecule has 0 radical (unpaired) electrons. The second-order valence-corrected chi connectivity index (χ2v) is 8.73. The molecule has 27 heavy (non-hydrogen) atoms. The molecule has 3 rings (SSSR count). The standard InChI is InChI=1S/C20H29N3O4/c1-13-11-16(13)14-5-6-17(18(12-14)23(25)26)22-9-7-15(8-10-22)21-19(24)27-20(2,3)4/h5-6,12-13,15-16H,7-11H2,1-4H3,(H,21,24)/t13?,16-/m1/s1. The lowest BCUT2D eigenvalue weighted by Crippen LogP contribution is -2.46. The van der Waals surface area contributed by atoms with Crippen LogP contribution >= 0.6 is 0 Å². The van der Waals surface area contributed by atoms with Crippen molar-refractivity contribution in [1.29, 1.82) is 0 Å². The van der Waals surface area contributed by atoms with Crippen molar-refractivity contribution in [2.24, 2.45) is 5.92 Å². The summed E-state index contributed by atoms with van der Waals surface area (Å²) >= 11 is 0. The first-order valence-electron chi connectivity index (χ1n) is 9.67. The highest BCUT2D eigenvalue weighted by Gasteiger charge is 2.36. The Morgan fingerprint density at radius 1 is 1.30 bits per heavy atom. The van der Waals surface area contributed by atoms with Crippen LogP contribution in [0.25, 0.3) is 0 Å². The van der Waals surface area contributed by atoms with Crippen molar-refractivity contribution in [3.8, 4) is 0 Å². The van der Waals surface area contributed by atoms with Crippen molar-refractivity contribution in [2.45, 2.75) is 64.5 Å². The van der Waals surface area contributed by atoms with E-state index in [4.69, 9.17) is 4.74 Å². The molecule has 7 nitrogen and oxygen atoms in total. The lowest BCUT2D eigenvalue weighted by atomic mass is 10.0. The summed E-state index contributed by atoms with van der Waals surface area (Å²) in [5.74, 6) is 1.08. The molecule has 2 aliphatic rings. The van der Waals surface area contributed by atoms with Gasteiger partial charge in [-0.25, -0.2) is 4.79 Å². The van der Waals surface area contributed by atoms with Crippen LogP contribution < -0.4 is 10.2 Å². The number of nitro groups is 1. The van der Waals surface area contributed by atoms with Crippen molar-refractivity contribution in [1.82, 2.24) is 5.32 Å². The van der Waals surface area contributed by atoms with Gasteiger partial charge in [-0.1, -0.05) is 13.0 Å². The topological polar surface area (TPSA) is 84.7 Å². The molecular formula is C20H29N3O4. The number of rotatable bonds is 4. The summed E-state index contributed by atoms with van der Waals surface area (Å²) in [5.41, 5.74) is 1.41. The average Bonchev–Trinajstić information content (AvgIpc) is 3.30. The van der Waals surface area contributed by atoms with Gasteiger partial charge in [0.25, 0.3) is 5.69 Å². The normalized spacial score (nSPS) is 23.0. The third-order valence-electron chi connectivity index (χ3n) is 5.29. The fourth-order valence-corrected chi connectivity index (χ4v) is 3.71. The number of alkyl carbamates (subject to hydrolysis) is 1. The largest absolute Gasteiger partial charge is 0.444 e. The summed E-state index contributed by atoms with van der Waals surface area (Å²) in [6.45, 7) is 9.01. The molecule has 1 unspecified atom stereocenters. The molecule has 148 valence electrons. The highest BCUT2D eigenvalue weighted by molar-refractivity contribution is 5.68. The number of carbonyl (C=O) groups excluding carboxylic acids is 1. The maximum atomic E-state index is 11.9. The lowest BCUT2D eigenvalue weighted by molar-refractivity contribution is -0.384. The molecule has 1 aromatic carbocycles. The van der Waals surface area contributed by atoms with E-state index in [1.165, 1.54) is 0 Å². The molecule has 1 heterocycles. The van der Waals surface area contributed by atoms with Gasteiger partial charge in [0.05, 0.1) is 4.92 Å². The van der Waals surface area contributed by atoms with Gasteiger partial charge in [-0.2, -0.15) is 0 Å². The van der Waals surface area contributed by atoms with E-state index in [0.29, 0.717) is 30.6 Å². The summed E-state index contributed by atoms with van der Waals surface area (Å²) < 4.78 is 5.30. The molecule has 1 amide bonds. The molecule has 0 spiro atoms. The Balaban J connectivity index is 1.62. The van der Waals surface area contributed by atoms with Crippen LogP contribution in [0.2, 0.25) is 0 Å². The highest BCUT2D eigenvalue weighted by Crippen LogP contribution is 2.48. The molecule has 1 aromatic rings. The maximum Gasteiger partial charge on any atom is 0.407 e. The zero-order valence-corrected chi connectivity index (χ0v) is 16.5. The predicted molar refractivity (Wildman–Crippen MR) is 104 cm³/mol. The summed E-state index contributed by atoms with van der Waals surface area (Å²) in [7, 11) is 0. The van der Waals surface area contributed by atoms with Crippen molar-refractivity contribution in [3.05, 3.63) is 33.9 Å². The second kappa shape index (κ2) is 7.37. The number of nitro benzene ring substituents is 1. The average molecular weight is 375 g/mol. The number of anilines is 1. The van der Waals surface area contributed by atoms with E-state index < -0.39 is 11.7 Å². The molecule has 1 saturated heterocycles. The van der Waals surface area contributed by atoms with Crippen LogP contribution in [0.3, 0.4) is 0 Å². The maximum absolute atomic E-state index is 11.9. The van der Waals surface area contributed by atoms with Gasteiger partial charge < -0.3 is 15.0 Å². The van der Waals surface area contributed by atoms with Gasteiger partial charge in [0.1, 0.15) is 11.3 Å². The highest BCUT2D eigenvalue weighted by atomic mass is 16.6. The molecule has 1 N–H and O–H groups in total. The van der Waals surface area contributed by atoms with Crippen molar-refractivity contribution in [2.75, 3.05) is 18.0 Å². The summed E-state index contributed by atoms with van der Waals surface area (Å²) in [6, 6.07) is 5.69. The number of hydrogen-bond donors (Lipinski definition) is 1. The number of benzene rings is 1. The number of carbonyl (C=O) groups is 1. The van der Waals surface area contributed by atoms with Gasteiger partial charge in [0.2, 0.25) is 0 Å². The van der Waals surface area contributed by atoms with Gasteiger partial charge in [0, 0.05) is 25.2 Å². The van der Waals surface area contributed by atoms with Crippen LogP contribution in [0.4, 0.5) is 16.2 Å². The Morgan fingerprint density at radius 3 is 2.44 bits per heavy atom. The Morgan fingerprint density at radius 2 is 1.93 bits per heavy atom. The Labute approximate surface area is 160 Å². The Kier molecular flexibility index (Phi) is 5.31. The zero-order valence-electron chi connectivity index (χ0n) is 16.5. The smallest absolute Gasteiger partial charge is 0.407 e. The Hall–Kier alpha value is -2.31. The minimum absolute atomic E-state index is 0.0294. The monoisotopic (exact) mass is 375 g/mol. The molecule has 1 aliphatic heterocycles. The second-order valence-electron chi connectivity index (χ2n) is 8.73. The van der Waals surface area contributed by atoms with Gasteiger partial charge in [-0.05, 0) is 63.5 Å². The number of nitrogens with zero attached hydrogens (tertiary/aromatic N) is 2. The fourth-order valence-electron chi connectivity index (χ4n) is 3.71.